The van der Waals surface area contributed by atoms with Gasteiger partial charge in [0.2, 0.25) is 0 Å². The third-order valence-electron chi connectivity index (χ3n) is 2.35. The molecule has 0 unspecified atom stereocenters. The smallest absolute Gasteiger partial charge is 0.307 e. The largest absolute Gasteiger partial charge is 0.333 e. The lowest BCUT2D eigenvalue weighted by Gasteiger charge is -2.16. The number of rotatable bonds is 2. The van der Waals surface area contributed by atoms with Gasteiger partial charge in [0.25, 0.3) is 0 Å². The Bertz CT molecular complexity index is 379. The zero-order valence-electron chi connectivity index (χ0n) is 8.74. The van der Waals surface area contributed by atoms with Gasteiger partial charge in [-0.15, -0.1) is 0 Å². The van der Waals surface area contributed by atoms with Crippen molar-refractivity contribution in [2.45, 2.75) is 12.8 Å². The van der Waals surface area contributed by atoms with Gasteiger partial charge in [0.05, 0.1) is 0 Å². The van der Waals surface area contributed by atoms with Crippen LogP contribution >= 0.6 is 11.6 Å². The Morgan fingerprint density at radius 3 is 2.88 bits per heavy atom. The molecule has 16 heavy (non-hydrogen) atoms. The topological polar surface area (TPSA) is 57.3 Å². The van der Waals surface area contributed by atoms with E-state index >= 15 is 0 Å². The predicted molar refractivity (Wildman–Crippen MR) is 62.2 cm³/mol. The van der Waals surface area contributed by atoms with Crippen LogP contribution in [0.5, 0.6) is 0 Å². The Morgan fingerprint density at radius 2 is 2.19 bits per heavy atom. The van der Waals surface area contributed by atoms with Crippen LogP contribution in [0.25, 0.3) is 0 Å². The summed E-state index contributed by atoms with van der Waals surface area (Å²) in [6, 6.07) is 3.05. The van der Waals surface area contributed by atoms with Crippen molar-refractivity contribution in [2.75, 3.05) is 18.4 Å². The van der Waals surface area contributed by atoms with Crippen molar-refractivity contribution in [2.24, 2.45) is 0 Å². The number of hydrazine groups is 1. The maximum atomic E-state index is 11.6. The van der Waals surface area contributed by atoms with Gasteiger partial charge in [-0.1, -0.05) is 11.6 Å². The van der Waals surface area contributed by atoms with Crippen molar-refractivity contribution in [1.82, 2.24) is 15.4 Å². The molecule has 1 saturated heterocycles. The molecule has 2 rings (SSSR count). The second-order valence-corrected chi connectivity index (χ2v) is 4.01. The molecule has 1 fully saturated rings. The lowest BCUT2D eigenvalue weighted by Crippen LogP contribution is -2.42. The maximum Gasteiger partial charge on any atom is 0.333 e. The normalized spacial score (nSPS) is 16.1. The van der Waals surface area contributed by atoms with E-state index in [4.69, 9.17) is 11.6 Å². The monoisotopic (exact) mass is 240 g/mol. The molecule has 1 aromatic heterocycles. The van der Waals surface area contributed by atoms with Crippen molar-refractivity contribution in [3.8, 4) is 0 Å². The Balaban J connectivity index is 1.86. The van der Waals surface area contributed by atoms with Crippen LogP contribution in [0.2, 0.25) is 5.15 Å². The summed E-state index contributed by atoms with van der Waals surface area (Å²) in [6.07, 6.45) is 3.80. The van der Waals surface area contributed by atoms with E-state index < -0.39 is 0 Å². The summed E-state index contributed by atoms with van der Waals surface area (Å²) >= 11 is 5.71. The van der Waals surface area contributed by atoms with Gasteiger partial charge in [-0.05, 0) is 25.0 Å². The van der Waals surface area contributed by atoms with E-state index in [-0.39, 0.29) is 6.03 Å². The number of anilines is 1. The molecule has 0 spiro atoms. The third-order valence-corrected chi connectivity index (χ3v) is 2.56. The highest BCUT2D eigenvalue weighted by atomic mass is 35.5. The van der Waals surface area contributed by atoms with Gasteiger partial charge in [0.1, 0.15) is 5.15 Å². The molecule has 0 radical (unpaired) electrons. The molecule has 2 heterocycles. The Kier molecular flexibility index (Phi) is 3.58. The van der Waals surface area contributed by atoms with E-state index in [1.54, 1.807) is 18.3 Å². The standard InChI is InChI=1S/C10H13ClN4O/c11-9-7-8(3-4-12-9)13-10(16)14-15-5-1-2-6-15/h3-4,7H,1-2,5-6H2,(H2,12,13,14,16). The number of hydrogen-bond donors (Lipinski definition) is 2. The molecule has 0 bridgehead atoms. The number of nitrogens with one attached hydrogen (secondary N) is 2. The lowest BCUT2D eigenvalue weighted by atomic mass is 10.4. The number of amides is 2. The molecular weight excluding hydrogens is 228 g/mol. The number of hydrogen-bond acceptors (Lipinski definition) is 3. The van der Waals surface area contributed by atoms with E-state index in [2.05, 4.69) is 15.7 Å². The average Bonchev–Trinajstić information content (AvgIpc) is 2.70. The molecule has 0 aromatic carbocycles. The molecule has 0 atom stereocenters. The fourth-order valence-corrected chi connectivity index (χ4v) is 1.79. The molecule has 2 amide bonds. The first-order valence-corrected chi connectivity index (χ1v) is 5.56. The summed E-state index contributed by atoms with van der Waals surface area (Å²) in [7, 11) is 0. The average molecular weight is 241 g/mol. The summed E-state index contributed by atoms with van der Waals surface area (Å²) in [5.41, 5.74) is 3.40. The molecule has 5 nitrogen and oxygen atoms in total. The first kappa shape index (κ1) is 11.2. The zero-order valence-corrected chi connectivity index (χ0v) is 9.50. The quantitative estimate of drug-likeness (QED) is 0.776. The van der Waals surface area contributed by atoms with Gasteiger partial charge in [0.15, 0.2) is 0 Å². The number of urea groups is 1. The van der Waals surface area contributed by atoms with Crippen molar-refractivity contribution in [3.63, 3.8) is 0 Å². The van der Waals surface area contributed by atoms with Crippen molar-refractivity contribution >= 4 is 23.3 Å². The van der Waals surface area contributed by atoms with Crippen LogP contribution in [0.15, 0.2) is 18.3 Å². The highest BCUT2D eigenvalue weighted by Crippen LogP contribution is 2.11. The Labute approximate surface area is 98.8 Å². The molecule has 6 heteroatoms. The maximum absolute atomic E-state index is 11.6. The summed E-state index contributed by atoms with van der Waals surface area (Å²) in [5, 5.41) is 4.95. The summed E-state index contributed by atoms with van der Waals surface area (Å²) in [5.74, 6) is 0. The van der Waals surface area contributed by atoms with E-state index in [1.165, 1.54) is 0 Å². The fraction of sp³-hybridized carbons (Fsp3) is 0.400. The molecule has 86 valence electrons. The predicted octanol–water partition coefficient (Wildman–Crippen LogP) is 1.87. The van der Waals surface area contributed by atoms with Gasteiger partial charge in [-0.2, -0.15) is 0 Å². The number of nitrogens with zero attached hydrogens (tertiary/aromatic N) is 2. The molecule has 1 aromatic rings. The Morgan fingerprint density at radius 1 is 1.44 bits per heavy atom. The minimum atomic E-state index is -0.246. The van der Waals surface area contributed by atoms with Gasteiger partial charge in [-0.25, -0.2) is 14.8 Å². The molecule has 1 aliphatic rings. The van der Waals surface area contributed by atoms with Crippen molar-refractivity contribution in [1.29, 1.82) is 0 Å². The van der Waals surface area contributed by atoms with Crippen LogP contribution in [-0.2, 0) is 0 Å². The molecule has 1 aliphatic heterocycles. The van der Waals surface area contributed by atoms with Crippen LogP contribution < -0.4 is 10.7 Å². The summed E-state index contributed by atoms with van der Waals surface area (Å²) in [6.45, 7) is 1.81. The highest BCUT2D eigenvalue weighted by Gasteiger charge is 2.13. The van der Waals surface area contributed by atoms with Crippen molar-refractivity contribution in [3.05, 3.63) is 23.5 Å². The second kappa shape index (κ2) is 5.14. The first-order chi connectivity index (χ1) is 7.74. The molecule has 0 saturated carbocycles. The van der Waals surface area contributed by atoms with E-state index in [9.17, 15) is 4.79 Å². The zero-order chi connectivity index (χ0) is 11.4. The van der Waals surface area contributed by atoms with Gasteiger partial charge >= 0.3 is 6.03 Å². The molecule has 2 N–H and O–H groups in total. The number of pyridine rings is 1. The lowest BCUT2D eigenvalue weighted by molar-refractivity contribution is 0.209. The minimum absolute atomic E-state index is 0.246. The number of carbonyl (C=O) groups excluding carboxylic acids is 1. The van der Waals surface area contributed by atoms with Crippen molar-refractivity contribution < 1.29 is 4.79 Å². The second-order valence-electron chi connectivity index (χ2n) is 3.63. The Hall–Kier alpha value is -1.33. The van der Waals surface area contributed by atoms with Crippen LogP contribution in [0.4, 0.5) is 10.5 Å². The summed E-state index contributed by atoms with van der Waals surface area (Å²) in [4.78, 5) is 15.4. The van der Waals surface area contributed by atoms with Gasteiger partial charge in [0, 0.05) is 25.0 Å². The number of aromatic nitrogens is 1. The van der Waals surface area contributed by atoms with Crippen LogP contribution in [0.3, 0.4) is 0 Å². The van der Waals surface area contributed by atoms with Crippen LogP contribution in [0.1, 0.15) is 12.8 Å². The number of carbonyl (C=O) groups is 1. The van der Waals surface area contributed by atoms with Crippen LogP contribution in [0, 0.1) is 0 Å². The molecule has 0 aliphatic carbocycles. The third kappa shape index (κ3) is 3.08. The number of halogens is 1. The van der Waals surface area contributed by atoms with Gasteiger partial charge < -0.3 is 5.32 Å². The highest BCUT2D eigenvalue weighted by molar-refractivity contribution is 6.29. The minimum Gasteiger partial charge on any atom is -0.307 e. The first-order valence-electron chi connectivity index (χ1n) is 5.18. The van der Waals surface area contributed by atoms with E-state index in [1.807, 2.05) is 5.01 Å². The molecular formula is C10H13ClN4O. The van der Waals surface area contributed by atoms with Crippen LogP contribution in [-0.4, -0.2) is 29.1 Å². The SMILES string of the molecule is O=C(Nc1ccnc(Cl)c1)NN1CCCC1. The van der Waals surface area contributed by atoms with Gasteiger partial charge in [-0.3, -0.25) is 5.43 Å². The van der Waals surface area contributed by atoms with E-state index in [0.29, 0.717) is 10.8 Å². The summed E-state index contributed by atoms with van der Waals surface area (Å²) < 4.78 is 0. The van der Waals surface area contributed by atoms with E-state index in [0.717, 1.165) is 25.9 Å². The fourth-order valence-electron chi connectivity index (χ4n) is 1.61.